The average Bonchev–Trinajstić information content (AvgIpc) is 2.53. The fourth-order valence-corrected chi connectivity index (χ4v) is 2.37. The second-order valence-corrected chi connectivity index (χ2v) is 4.98. The maximum atomic E-state index is 11.6. The van der Waals surface area contributed by atoms with Gasteiger partial charge in [-0.15, -0.1) is 0 Å². The van der Waals surface area contributed by atoms with Gasteiger partial charge in [-0.1, -0.05) is 48.5 Å². The molecule has 0 aromatic heterocycles. The van der Waals surface area contributed by atoms with E-state index in [1.165, 1.54) is 0 Å². The molecule has 0 unspecified atom stereocenters. The van der Waals surface area contributed by atoms with Gasteiger partial charge in [0.2, 0.25) is 0 Å². The van der Waals surface area contributed by atoms with Crippen LogP contribution in [0.5, 0.6) is 0 Å². The number of rotatable bonds is 7. The molecule has 22 heavy (non-hydrogen) atoms. The maximum Gasteiger partial charge on any atom is 0.310 e. The smallest absolute Gasteiger partial charge is 0.310 e. The molecule has 0 bridgehead atoms. The van der Waals surface area contributed by atoms with Crippen LogP contribution >= 0.6 is 0 Å². The zero-order chi connectivity index (χ0) is 15.8. The quantitative estimate of drug-likeness (QED) is 0.725. The largest absolute Gasteiger partial charge is 0.466 e. The molecule has 0 N–H and O–H groups in total. The fraction of sp³-hybridized carbons (Fsp3) is 0.316. The van der Waals surface area contributed by atoms with Gasteiger partial charge >= 0.3 is 5.97 Å². The predicted octanol–water partition coefficient (Wildman–Crippen LogP) is 4.00. The molecule has 0 fully saturated rings. The van der Waals surface area contributed by atoms with Crippen LogP contribution in [0, 0.1) is 0 Å². The van der Waals surface area contributed by atoms with Crippen molar-refractivity contribution < 1.29 is 14.3 Å². The third-order valence-corrected chi connectivity index (χ3v) is 3.37. The summed E-state index contributed by atoms with van der Waals surface area (Å²) < 4.78 is 10.5. The first-order valence-corrected chi connectivity index (χ1v) is 7.65. The second-order valence-electron chi connectivity index (χ2n) is 4.98. The van der Waals surface area contributed by atoms with Crippen molar-refractivity contribution in [3.8, 4) is 11.1 Å². The zero-order valence-electron chi connectivity index (χ0n) is 13.2. The Morgan fingerprint density at radius 1 is 1.00 bits per heavy atom. The number of benzene rings is 2. The highest BCUT2D eigenvalue weighted by Crippen LogP contribution is 2.25. The number of ether oxygens (including phenoxy) is 2. The molecule has 2 aromatic rings. The molecule has 0 saturated heterocycles. The molecule has 2 rings (SSSR count). The van der Waals surface area contributed by atoms with E-state index in [0.29, 0.717) is 26.2 Å². The van der Waals surface area contributed by atoms with Gasteiger partial charge in [0, 0.05) is 6.61 Å². The molecule has 3 nitrogen and oxygen atoms in total. The van der Waals surface area contributed by atoms with Gasteiger partial charge in [0.25, 0.3) is 0 Å². The third kappa shape index (κ3) is 4.43. The standard InChI is InChI=1S/C19H22O3/c1-3-21-14-17-9-5-6-11-18(17)16-10-7-8-15(12-16)13-19(20)22-4-2/h5-12H,3-4,13-14H2,1-2H3. The Kier molecular flexibility index (Phi) is 6.16. The van der Waals surface area contributed by atoms with Crippen LogP contribution in [0.1, 0.15) is 25.0 Å². The molecule has 0 atom stereocenters. The first kappa shape index (κ1) is 16.2. The van der Waals surface area contributed by atoms with Crippen LogP contribution in [0.4, 0.5) is 0 Å². The van der Waals surface area contributed by atoms with Crippen molar-refractivity contribution in [3.63, 3.8) is 0 Å². The summed E-state index contributed by atoms with van der Waals surface area (Å²) in [5, 5.41) is 0. The van der Waals surface area contributed by atoms with Gasteiger partial charge in [-0.25, -0.2) is 0 Å². The molecule has 0 aliphatic rings. The molecular formula is C19H22O3. The topological polar surface area (TPSA) is 35.5 Å². The Bertz CT molecular complexity index is 620. The molecule has 0 aliphatic heterocycles. The second kappa shape index (κ2) is 8.35. The van der Waals surface area contributed by atoms with E-state index in [0.717, 1.165) is 22.3 Å². The molecule has 116 valence electrons. The van der Waals surface area contributed by atoms with Crippen LogP contribution in [0.15, 0.2) is 48.5 Å². The van der Waals surface area contributed by atoms with Crippen molar-refractivity contribution in [2.24, 2.45) is 0 Å². The number of hydrogen-bond acceptors (Lipinski definition) is 3. The van der Waals surface area contributed by atoms with E-state index in [-0.39, 0.29) is 5.97 Å². The molecule has 2 aromatic carbocycles. The van der Waals surface area contributed by atoms with Crippen LogP contribution in [-0.4, -0.2) is 19.2 Å². The van der Waals surface area contributed by atoms with Crippen molar-refractivity contribution >= 4 is 5.97 Å². The van der Waals surface area contributed by atoms with Crippen molar-refractivity contribution in [2.45, 2.75) is 26.9 Å². The van der Waals surface area contributed by atoms with Gasteiger partial charge in [-0.2, -0.15) is 0 Å². The summed E-state index contributed by atoms with van der Waals surface area (Å²) in [4.78, 5) is 11.6. The Morgan fingerprint density at radius 3 is 2.59 bits per heavy atom. The van der Waals surface area contributed by atoms with E-state index in [1.807, 2.05) is 44.2 Å². The van der Waals surface area contributed by atoms with Gasteiger partial charge in [0.15, 0.2) is 0 Å². The number of carbonyl (C=O) groups excluding carboxylic acids is 1. The lowest BCUT2D eigenvalue weighted by molar-refractivity contribution is -0.142. The molecule has 0 spiro atoms. The van der Waals surface area contributed by atoms with Gasteiger partial charge < -0.3 is 9.47 Å². The number of esters is 1. The predicted molar refractivity (Wildman–Crippen MR) is 87.5 cm³/mol. The minimum absolute atomic E-state index is 0.192. The minimum Gasteiger partial charge on any atom is -0.466 e. The van der Waals surface area contributed by atoms with Crippen LogP contribution in [0.25, 0.3) is 11.1 Å². The Balaban J connectivity index is 2.24. The SMILES string of the molecule is CCOCc1ccccc1-c1cccc(CC(=O)OCC)c1. The monoisotopic (exact) mass is 298 g/mol. The molecule has 0 saturated carbocycles. The summed E-state index contributed by atoms with van der Waals surface area (Å²) in [6, 6.07) is 16.2. The highest BCUT2D eigenvalue weighted by Gasteiger charge is 2.08. The van der Waals surface area contributed by atoms with E-state index in [9.17, 15) is 4.79 Å². The molecule has 0 amide bonds. The molecule has 3 heteroatoms. The normalized spacial score (nSPS) is 10.5. The van der Waals surface area contributed by atoms with E-state index in [1.54, 1.807) is 0 Å². The molecular weight excluding hydrogens is 276 g/mol. The number of carbonyl (C=O) groups is 1. The highest BCUT2D eigenvalue weighted by molar-refractivity contribution is 5.74. The Labute approximate surface area is 131 Å². The Morgan fingerprint density at radius 2 is 1.82 bits per heavy atom. The van der Waals surface area contributed by atoms with Crippen molar-refractivity contribution in [1.82, 2.24) is 0 Å². The average molecular weight is 298 g/mol. The zero-order valence-corrected chi connectivity index (χ0v) is 13.2. The van der Waals surface area contributed by atoms with Gasteiger partial charge in [-0.05, 0) is 36.1 Å². The van der Waals surface area contributed by atoms with Crippen LogP contribution < -0.4 is 0 Å². The summed E-state index contributed by atoms with van der Waals surface area (Å²) >= 11 is 0. The summed E-state index contributed by atoms with van der Waals surface area (Å²) in [6.07, 6.45) is 0.301. The van der Waals surface area contributed by atoms with Crippen LogP contribution in [-0.2, 0) is 27.3 Å². The summed E-state index contributed by atoms with van der Waals surface area (Å²) in [5.41, 5.74) is 4.35. The highest BCUT2D eigenvalue weighted by atomic mass is 16.5. The van der Waals surface area contributed by atoms with Crippen LogP contribution in [0.3, 0.4) is 0 Å². The maximum absolute atomic E-state index is 11.6. The summed E-state index contributed by atoms with van der Waals surface area (Å²) in [6.45, 7) is 5.50. The molecule has 0 radical (unpaired) electrons. The molecule has 0 aliphatic carbocycles. The van der Waals surface area contributed by atoms with Gasteiger partial charge in [0.05, 0.1) is 19.6 Å². The van der Waals surface area contributed by atoms with Crippen molar-refractivity contribution in [1.29, 1.82) is 0 Å². The number of hydrogen-bond donors (Lipinski definition) is 0. The van der Waals surface area contributed by atoms with Crippen molar-refractivity contribution in [3.05, 3.63) is 59.7 Å². The van der Waals surface area contributed by atoms with E-state index in [4.69, 9.17) is 9.47 Å². The summed E-state index contributed by atoms with van der Waals surface area (Å²) in [5.74, 6) is -0.192. The minimum atomic E-state index is -0.192. The van der Waals surface area contributed by atoms with E-state index < -0.39 is 0 Å². The fourth-order valence-electron chi connectivity index (χ4n) is 2.37. The Hall–Kier alpha value is -2.13. The van der Waals surface area contributed by atoms with E-state index in [2.05, 4.69) is 18.2 Å². The lowest BCUT2D eigenvalue weighted by Gasteiger charge is -2.11. The van der Waals surface area contributed by atoms with E-state index >= 15 is 0 Å². The molecule has 0 heterocycles. The van der Waals surface area contributed by atoms with Gasteiger partial charge in [0.1, 0.15) is 0 Å². The lowest BCUT2D eigenvalue weighted by Crippen LogP contribution is -2.07. The first-order chi connectivity index (χ1) is 10.7. The van der Waals surface area contributed by atoms with Crippen LogP contribution in [0.2, 0.25) is 0 Å². The first-order valence-electron chi connectivity index (χ1n) is 7.65. The van der Waals surface area contributed by atoms with Gasteiger partial charge in [-0.3, -0.25) is 4.79 Å². The summed E-state index contributed by atoms with van der Waals surface area (Å²) in [7, 11) is 0. The third-order valence-electron chi connectivity index (χ3n) is 3.37. The lowest BCUT2D eigenvalue weighted by atomic mass is 9.97. The van der Waals surface area contributed by atoms with Crippen molar-refractivity contribution in [2.75, 3.05) is 13.2 Å².